The average molecular weight is 469 g/mol. The highest BCUT2D eigenvalue weighted by Crippen LogP contribution is 2.28. The predicted octanol–water partition coefficient (Wildman–Crippen LogP) is 4.77. The van der Waals surface area contributed by atoms with Crippen molar-refractivity contribution in [3.05, 3.63) is 64.4 Å². The number of H-pyrrole nitrogens is 1. The van der Waals surface area contributed by atoms with E-state index in [1.54, 1.807) is 13.3 Å². The number of benzene rings is 1. The zero-order chi connectivity index (χ0) is 20.9. The molecule has 0 unspecified atom stereocenters. The first-order valence-electron chi connectivity index (χ1n) is 10.1. The molecule has 0 radical (unpaired) electrons. The summed E-state index contributed by atoms with van der Waals surface area (Å²) in [7, 11) is 1.66. The zero-order valence-electron chi connectivity index (χ0n) is 17.0. The van der Waals surface area contributed by atoms with Crippen LogP contribution in [0.4, 0.5) is 4.79 Å². The summed E-state index contributed by atoms with van der Waals surface area (Å²) in [6.07, 6.45) is 8.58. The Morgan fingerprint density at radius 3 is 3.03 bits per heavy atom. The number of nitrogens with zero attached hydrogens (tertiary/aromatic N) is 2. The van der Waals surface area contributed by atoms with Crippen molar-refractivity contribution in [2.75, 3.05) is 26.7 Å². The third-order valence-electron chi connectivity index (χ3n) is 5.43. The van der Waals surface area contributed by atoms with Gasteiger partial charge >= 0.3 is 6.03 Å². The van der Waals surface area contributed by atoms with Crippen LogP contribution < -0.4 is 10.1 Å². The summed E-state index contributed by atoms with van der Waals surface area (Å²) in [5, 5.41) is 4.18. The lowest BCUT2D eigenvalue weighted by atomic mass is 10.00. The Balaban J connectivity index is 1.26. The number of methoxy groups -OCH3 is 1. The summed E-state index contributed by atoms with van der Waals surface area (Å²) >= 11 is 3.51. The molecule has 0 aliphatic carbocycles. The number of hydrogen-bond acceptors (Lipinski definition) is 3. The van der Waals surface area contributed by atoms with Gasteiger partial charge in [-0.2, -0.15) is 0 Å². The number of nitrogens with one attached hydrogen (secondary N) is 2. The number of hydrogen-bond donors (Lipinski definition) is 2. The normalized spacial score (nSPS) is 13.9. The molecule has 1 aliphatic rings. The summed E-state index contributed by atoms with van der Waals surface area (Å²) in [6.45, 7) is 2.00. The van der Waals surface area contributed by atoms with Crippen LogP contribution in [0.2, 0.25) is 0 Å². The monoisotopic (exact) mass is 468 g/mol. The molecular weight excluding hydrogens is 444 g/mol. The molecule has 4 rings (SSSR count). The molecule has 0 bridgehead atoms. The molecule has 2 aromatic heterocycles. The number of aromatic nitrogens is 2. The Morgan fingerprint density at radius 1 is 1.37 bits per heavy atom. The second kappa shape index (κ2) is 9.34. The predicted molar refractivity (Wildman–Crippen MR) is 123 cm³/mol. The smallest absolute Gasteiger partial charge is 0.317 e. The fourth-order valence-corrected chi connectivity index (χ4v) is 4.37. The van der Waals surface area contributed by atoms with Gasteiger partial charge in [-0.3, -0.25) is 0 Å². The number of rotatable bonds is 6. The van der Waals surface area contributed by atoms with Crippen molar-refractivity contribution in [3.8, 4) is 5.75 Å². The lowest BCUT2D eigenvalue weighted by molar-refractivity contribution is 0.203. The highest BCUT2D eigenvalue weighted by molar-refractivity contribution is 9.10. The van der Waals surface area contributed by atoms with Gasteiger partial charge in [0.05, 0.1) is 11.6 Å². The Labute approximate surface area is 184 Å². The second-order valence-electron chi connectivity index (χ2n) is 7.33. The van der Waals surface area contributed by atoms with E-state index in [-0.39, 0.29) is 6.03 Å². The number of halogens is 1. The number of amides is 2. The molecule has 0 fully saturated rings. The van der Waals surface area contributed by atoms with Crippen LogP contribution in [0.3, 0.4) is 0 Å². The maximum absolute atomic E-state index is 12.5. The number of carbonyl (C=O) groups is 1. The minimum absolute atomic E-state index is 0.00167. The van der Waals surface area contributed by atoms with Crippen LogP contribution in [0.1, 0.15) is 24.0 Å². The lowest BCUT2D eigenvalue weighted by Crippen LogP contribution is -2.42. The third-order valence-corrected chi connectivity index (χ3v) is 6.05. The number of carbonyl (C=O) groups excluding carboxylic acids is 1. The van der Waals surface area contributed by atoms with Gasteiger partial charge in [0.15, 0.2) is 0 Å². The van der Waals surface area contributed by atoms with Gasteiger partial charge < -0.3 is 19.9 Å². The maximum Gasteiger partial charge on any atom is 0.317 e. The first-order valence-corrected chi connectivity index (χ1v) is 10.9. The first kappa shape index (κ1) is 20.5. The second-order valence-corrected chi connectivity index (χ2v) is 8.19. The van der Waals surface area contributed by atoms with E-state index in [0.717, 1.165) is 47.1 Å². The standard InChI is InChI=1S/C23H25BrN4O2/c1-30-21-7-6-16(14-20(21)24)4-2-11-26-23(29)28-12-8-17(9-13-28)19-15-27-22-18(19)5-3-10-25-22/h3,5-8,10,14-15H,2,4,9,11-13H2,1H3,(H,25,27)(H,26,29). The minimum Gasteiger partial charge on any atom is -0.496 e. The minimum atomic E-state index is 0.00167. The molecule has 1 aliphatic heterocycles. The van der Waals surface area contributed by atoms with Crippen LogP contribution in [-0.4, -0.2) is 47.6 Å². The molecule has 0 saturated heterocycles. The van der Waals surface area contributed by atoms with E-state index in [1.165, 1.54) is 16.7 Å². The Kier molecular flexibility index (Phi) is 6.38. The summed E-state index contributed by atoms with van der Waals surface area (Å²) < 4.78 is 6.21. The molecule has 156 valence electrons. The van der Waals surface area contributed by atoms with E-state index in [4.69, 9.17) is 4.74 Å². The van der Waals surface area contributed by atoms with Crippen LogP contribution in [0, 0.1) is 0 Å². The number of ether oxygens (including phenoxy) is 1. The number of pyridine rings is 1. The number of aryl methyl sites for hydroxylation is 1. The van der Waals surface area contributed by atoms with Gasteiger partial charge in [-0.1, -0.05) is 12.1 Å². The van der Waals surface area contributed by atoms with E-state index in [9.17, 15) is 4.79 Å². The van der Waals surface area contributed by atoms with Gasteiger partial charge in [0.25, 0.3) is 0 Å². The largest absolute Gasteiger partial charge is 0.496 e. The van der Waals surface area contributed by atoms with Gasteiger partial charge in [-0.25, -0.2) is 9.78 Å². The van der Waals surface area contributed by atoms with Gasteiger partial charge in [0.1, 0.15) is 11.4 Å². The topological polar surface area (TPSA) is 70.2 Å². The molecule has 0 spiro atoms. The van der Waals surface area contributed by atoms with Crippen molar-refractivity contribution >= 4 is 38.6 Å². The zero-order valence-corrected chi connectivity index (χ0v) is 18.5. The first-order chi connectivity index (χ1) is 14.7. The highest BCUT2D eigenvalue weighted by atomic mass is 79.9. The van der Waals surface area contributed by atoms with E-state index < -0.39 is 0 Å². The van der Waals surface area contributed by atoms with E-state index >= 15 is 0 Å². The van der Waals surface area contributed by atoms with Crippen LogP contribution >= 0.6 is 15.9 Å². The molecule has 1 aromatic carbocycles. The van der Waals surface area contributed by atoms with Gasteiger partial charge in [-0.05, 0) is 70.6 Å². The van der Waals surface area contributed by atoms with Crippen LogP contribution in [0.25, 0.3) is 16.6 Å². The van der Waals surface area contributed by atoms with Crippen LogP contribution in [-0.2, 0) is 6.42 Å². The Hall–Kier alpha value is -2.80. The van der Waals surface area contributed by atoms with E-state index in [1.807, 2.05) is 23.2 Å². The van der Waals surface area contributed by atoms with Gasteiger partial charge in [0.2, 0.25) is 0 Å². The molecule has 2 N–H and O–H groups in total. The quantitative estimate of drug-likeness (QED) is 0.512. The molecule has 2 amide bonds. The van der Waals surface area contributed by atoms with Crippen molar-refractivity contribution in [1.82, 2.24) is 20.2 Å². The van der Waals surface area contributed by atoms with Gasteiger partial charge in [0, 0.05) is 43.0 Å². The van der Waals surface area contributed by atoms with Crippen LogP contribution in [0.15, 0.2) is 53.3 Å². The van der Waals surface area contributed by atoms with Gasteiger partial charge in [-0.15, -0.1) is 0 Å². The summed E-state index contributed by atoms with van der Waals surface area (Å²) in [6, 6.07) is 10.1. The number of aromatic amines is 1. The SMILES string of the molecule is COc1ccc(CCCNC(=O)N2CC=C(c3c[nH]c4ncccc34)CC2)cc1Br. The molecular formula is C23H25BrN4O2. The lowest BCUT2D eigenvalue weighted by Gasteiger charge is -2.26. The van der Waals surface area contributed by atoms with Crippen molar-refractivity contribution < 1.29 is 9.53 Å². The third kappa shape index (κ3) is 4.51. The number of urea groups is 1. The average Bonchev–Trinajstić information content (AvgIpc) is 3.21. The van der Waals surface area contributed by atoms with Crippen molar-refractivity contribution in [2.24, 2.45) is 0 Å². The molecule has 30 heavy (non-hydrogen) atoms. The number of fused-ring (bicyclic) bond motifs is 1. The van der Waals surface area contributed by atoms with E-state index in [2.05, 4.69) is 55.5 Å². The molecule has 3 aromatic rings. The fraction of sp³-hybridized carbons (Fsp3) is 0.304. The summed E-state index contributed by atoms with van der Waals surface area (Å²) in [5.74, 6) is 0.827. The summed E-state index contributed by atoms with van der Waals surface area (Å²) in [4.78, 5) is 21.9. The highest BCUT2D eigenvalue weighted by Gasteiger charge is 2.19. The fourth-order valence-electron chi connectivity index (χ4n) is 3.78. The Bertz CT molecular complexity index is 1080. The van der Waals surface area contributed by atoms with Crippen molar-refractivity contribution in [3.63, 3.8) is 0 Å². The molecule has 0 atom stereocenters. The molecule has 0 saturated carbocycles. The molecule has 7 heteroatoms. The molecule has 6 nitrogen and oxygen atoms in total. The van der Waals surface area contributed by atoms with Crippen molar-refractivity contribution in [2.45, 2.75) is 19.3 Å². The molecule has 3 heterocycles. The summed E-state index contributed by atoms with van der Waals surface area (Å²) in [5.41, 5.74) is 4.57. The van der Waals surface area contributed by atoms with Crippen LogP contribution in [0.5, 0.6) is 5.75 Å². The maximum atomic E-state index is 12.5. The van der Waals surface area contributed by atoms with E-state index in [0.29, 0.717) is 13.1 Å². The Morgan fingerprint density at radius 2 is 2.27 bits per heavy atom. The van der Waals surface area contributed by atoms with Crippen molar-refractivity contribution in [1.29, 1.82) is 0 Å².